The minimum Gasteiger partial charge on any atom is -0.352 e. The van der Waals surface area contributed by atoms with E-state index in [1.807, 2.05) is 30.3 Å². The molecule has 0 aliphatic heterocycles. The molecule has 0 unspecified atom stereocenters. The van der Waals surface area contributed by atoms with Gasteiger partial charge in [-0.2, -0.15) is 0 Å². The van der Waals surface area contributed by atoms with Gasteiger partial charge in [-0.15, -0.1) is 11.8 Å². The summed E-state index contributed by atoms with van der Waals surface area (Å²) >= 11 is 1.64. The van der Waals surface area contributed by atoms with Gasteiger partial charge in [-0.3, -0.25) is 9.59 Å². The number of carbonyl (C=O) groups excluding carboxylic acids is 2. The third kappa shape index (κ3) is 8.19. The lowest BCUT2D eigenvalue weighted by Crippen LogP contribution is -2.52. The highest BCUT2D eigenvalue weighted by molar-refractivity contribution is 7.99. The van der Waals surface area contributed by atoms with Crippen LogP contribution in [0.5, 0.6) is 0 Å². The molecule has 1 aliphatic carbocycles. The minimum absolute atomic E-state index is 0.0774. The number of amides is 2. The van der Waals surface area contributed by atoms with Crippen LogP contribution < -0.4 is 5.32 Å². The van der Waals surface area contributed by atoms with E-state index in [1.165, 1.54) is 17.7 Å². The Hall–Kier alpha value is -3.12. The molecule has 0 radical (unpaired) electrons. The topological polar surface area (TPSA) is 49.4 Å². The van der Waals surface area contributed by atoms with Crippen LogP contribution in [0.2, 0.25) is 0 Å². The number of thioether (sulfide) groups is 1. The van der Waals surface area contributed by atoms with Crippen molar-refractivity contribution >= 4 is 23.6 Å². The number of nitrogens with one attached hydrogen (secondary N) is 1. The van der Waals surface area contributed by atoms with Crippen LogP contribution in [-0.4, -0.2) is 34.6 Å². The summed E-state index contributed by atoms with van der Waals surface area (Å²) in [7, 11) is 0. The normalized spacial score (nSPS) is 14.3. The summed E-state index contributed by atoms with van der Waals surface area (Å²) in [5.41, 5.74) is 3.00. The van der Waals surface area contributed by atoms with Gasteiger partial charge in [0, 0.05) is 36.1 Å². The Morgan fingerprint density at radius 3 is 2.30 bits per heavy atom. The van der Waals surface area contributed by atoms with Gasteiger partial charge >= 0.3 is 0 Å². The zero-order valence-electron chi connectivity index (χ0n) is 21.4. The highest BCUT2D eigenvalue weighted by atomic mass is 32.2. The van der Waals surface area contributed by atoms with Gasteiger partial charge in [-0.25, -0.2) is 4.39 Å². The summed E-state index contributed by atoms with van der Waals surface area (Å²) in [6, 6.07) is 23.8. The Morgan fingerprint density at radius 2 is 1.62 bits per heavy atom. The number of aryl methyl sites for hydroxylation is 1. The third-order valence-corrected chi connectivity index (χ3v) is 7.86. The van der Waals surface area contributed by atoms with Crippen molar-refractivity contribution < 1.29 is 14.0 Å². The van der Waals surface area contributed by atoms with Gasteiger partial charge in [0.15, 0.2) is 0 Å². The number of halogens is 1. The van der Waals surface area contributed by atoms with Gasteiger partial charge in [0.05, 0.1) is 0 Å². The molecule has 194 valence electrons. The lowest BCUT2D eigenvalue weighted by atomic mass is 10.0. The van der Waals surface area contributed by atoms with E-state index in [0.717, 1.165) is 41.7 Å². The van der Waals surface area contributed by atoms with Gasteiger partial charge in [0.25, 0.3) is 0 Å². The van der Waals surface area contributed by atoms with Crippen LogP contribution in [0.25, 0.3) is 0 Å². The molecular formula is C31H35FN2O2S. The Morgan fingerprint density at radius 1 is 0.946 bits per heavy atom. The quantitative estimate of drug-likeness (QED) is 0.303. The molecule has 0 aromatic heterocycles. The van der Waals surface area contributed by atoms with E-state index in [4.69, 9.17) is 0 Å². The van der Waals surface area contributed by atoms with E-state index >= 15 is 0 Å². The number of nitrogens with zero attached hydrogens (tertiary/aromatic N) is 1. The lowest BCUT2D eigenvalue weighted by Gasteiger charge is -2.32. The predicted molar refractivity (Wildman–Crippen MR) is 148 cm³/mol. The molecule has 4 nitrogen and oxygen atoms in total. The standard InChI is InChI=1S/C31H35FN2O2S/c1-23-11-17-28(18-12-23)37-20-19-30(35)34(22-25-13-15-26(32)16-14-25)29(21-24-7-3-2-4-8-24)31(36)33-27-9-5-6-10-27/h2-4,7-8,11-18,27,29H,5-6,9-10,19-22H2,1H3,(H,33,36)/t29-/m1/s1. The first-order valence-electron chi connectivity index (χ1n) is 13.1. The molecule has 0 saturated heterocycles. The summed E-state index contributed by atoms with van der Waals surface area (Å²) in [6.07, 6.45) is 4.91. The van der Waals surface area contributed by atoms with Crippen molar-refractivity contribution in [3.05, 3.63) is 101 Å². The monoisotopic (exact) mass is 518 g/mol. The summed E-state index contributed by atoms with van der Waals surface area (Å²) in [5, 5.41) is 3.22. The molecule has 0 bridgehead atoms. The molecule has 3 aromatic rings. The number of hydrogen-bond acceptors (Lipinski definition) is 3. The zero-order valence-corrected chi connectivity index (χ0v) is 22.2. The molecule has 0 heterocycles. The third-order valence-electron chi connectivity index (χ3n) is 6.84. The first-order valence-corrected chi connectivity index (χ1v) is 14.0. The average Bonchev–Trinajstić information content (AvgIpc) is 3.42. The molecule has 1 saturated carbocycles. The van der Waals surface area contributed by atoms with Crippen LogP contribution in [0.3, 0.4) is 0 Å². The van der Waals surface area contributed by atoms with Crippen LogP contribution in [0.1, 0.15) is 48.8 Å². The van der Waals surface area contributed by atoms with E-state index in [0.29, 0.717) is 18.6 Å². The Kier molecular flexibility index (Phi) is 9.78. The van der Waals surface area contributed by atoms with Crippen molar-refractivity contribution in [2.45, 2.75) is 69.0 Å². The van der Waals surface area contributed by atoms with E-state index in [9.17, 15) is 14.0 Å². The SMILES string of the molecule is Cc1ccc(SCCC(=O)N(Cc2ccc(F)cc2)[C@H](Cc2ccccc2)C(=O)NC2CCCC2)cc1. The molecule has 6 heteroatoms. The maximum atomic E-state index is 13.7. The van der Waals surface area contributed by atoms with Crippen LogP contribution in [-0.2, 0) is 22.6 Å². The molecule has 1 fully saturated rings. The summed E-state index contributed by atoms with van der Waals surface area (Å²) < 4.78 is 13.6. The van der Waals surface area contributed by atoms with E-state index in [1.54, 1.807) is 28.8 Å². The molecule has 37 heavy (non-hydrogen) atoms. The number of hydrogen-bond donors (Lipinski definition) is 1. The van der Waals surface area contributed by atoms with Gasteiger partial charge in [0.2, 0.25) is 11.8 Å². The minimum atomic E-state index is -0.648. The number of rotatable bonds is 11. The van der Waals surface area contributed by atoms with Crippen LogP contribution in [0.4, 0.5) is 4.39 Å². The molecular weight excluding hydrogens is 483 g/mol. The molecule has 3 aromatic carbocycles. The fourth-order valence-electron chi connectivity index (χ4n) is 4.74. The molecule has 2 amide bonds. The second kappa shape index (κ2) is 13.4. The fourth-order valence-corrected chi connectivity index (χ4v) is 5.58. The maximum Gasteiger partial charge on any atom is 0.243 e. The number of carbonyl (C=O) groups is 2. The van der Waals surface area contributed by atoms with Crippen LogP contribution >= 0.6 is 11.8 Å². The van der Waals surface area contributed by atoms with Crippen molar-refractivity contribution in [2.75, 3.05) is 5.75 Å². The first kappa shape index (κ1) is 26.9. The molecule has 0 spiro atoms. The highest BCUT2D eigenvalue weighted by Gasteiger charge is 2.32. The van der Waals surface area contributed by atoms with Crippen molar-refractivity contribution in [1.82, 2.24) is 10.2 Å². The molecule has 1 atom stereocenters. The van der Waals surface area contributed by atoms with Crippen LogP contribution in [0, 0.1) is 12.7 Å². The highest BCUT2D eigenvalue weighted by Crippen LogP contribution is 2.23. The average molecular weight is 519 g/mol. The van der Waals surface area contributed by atoms with Crippen molar-refractivity contribution in [1.29, 1.82) is 0 Å². The van der Waals surface area contributed by atoms with Gasteiger partial charge in [0.1, 0.15) is 11.9 Å². The van der Waals surface area contributed by atoms with E-state index < -0.39 is 6.04 Å². The van der Waals surface area contributed by atoms with Crippen molar-refractivity contribution in [2.24, 2.45) is 0 Å². The fraction of sp³-hybridized carbons (Fsp3) is 0.355. The smallest absolute Gasteiger partial charge is 0.243 e. The second-order valence-corrected chi connectivity index (χ2v) is 10.9. The van der Waals surface area contributed by atoms with Crippen molar-refractivity contribution in [3.8, 4) is 0 Å². The molecule has 4 rings (SSSR count). The number of benzene rings is 3. The molecule has 1 aliphatic rings. The van der Waals surface area contributed by atoms with E-state index in [2.05, 4.69) is 36.5 Å². The van der Waals surface area contributed by atoms with Crippen molar-refractivity contribution in [3.63, 3.8) is 0 Å². The van der Waals surface area contributed by atoms with Gasteiger partial charge in [-0.1, -0.05) is 73.0 Å². The predicted octanol–water partition coefficient (Wildman–Crippen LogP) is 6.32. The summed E-state index contributed by atoms with van der Waals surface area (Å²) in [5.74, 6) is 0.101. The Bertz CT molecular complexity index is 1150. The largest absolute Gasteiger partial charge is 0.352 e. The van der Waals surface area contributed by atoms with Gasteiger partial charge < -0.3 is 10.2 Å². The lowest BCUT2D eigenvalue weighted by molar-refractivity contribution is -0.141. The van der Waals surface area contributed by atoms with Gasteiger partial charge in [-0.05, 0) is 55.2 Å². The zero-order chi connectivity index (χ0) is 26.0. The summed E-state index contributed by atoms with van der Waals surface area (Å²) in [6.45, 7) is 2.30. The first-order chi connectivity index (χ1) is 18.0. The Balaban J connectivity index is 1.55. The molecule has 1 N–H and O–H groups in total. The Labute approximate surface area is 223 Å². The maximum absolute atomic E-state index is 13.7. The van der Waals surface area contributed by atoms with Crippen LogP contribution in [0.15, 0.2) is 83.8 Å². The second-order valence-electron chi connectivity index (χ2n) is 9.76. The van der Waals surface area contributed by atoms with E-state index in [-0.39, 0.29) is 30.2 Å². The summed E-state index contributed by atoms with van der Waals surface area (Å²) in [4.78, 5) is 30.2.